The molecule has 7 heteroatoms. The molecule has 1 saturated carbocycles. The summed E-state index contributed by atoms with van der Waals surface area (Å²) < 4.78 is 25.9. The van der Waals surface area contributed by atoms with Gasteiger partial charge in [-0.2, -0.15) is 0 Å². The lowest BCUT2D eigenvalue weighted by molar-refractivity contribution is 0.225. The fourth-order valence-electron chi connectivity index (χ4n) is 3.22. The Morgan fingerprint density at radius 1 is 1.24 bits per heavy atom. The molecule has 2 N–H and O–H groups in total. The zero-order valence-electron chi connectivity index (χ0n) is 15.7. The van der Waals surface area contributed by atoms with Crippen LogP contribution in [0.4, 0.5) is 5.69 Å². The van der Waals surface area contributed by atoms with Crippen LogP contribution in [0.3, 0.4) is 0 Å². The van der Waals surface area contributed by atoms with Crippen LogP contribution in [-0.2, 0) is 10.0 Å². The second-order valence-corrected chi connectivity index (χ2v) is 9.80. The second kappa shape index (κ2) is 8.01. The highest BCUT2D eigenvalue weighted by atomic mass is 32.2. The Hall–Kier alpha value is -1.18. The van der Waals surface area contributed by atoms with Crippen molar-refractivity contribution in [2.24, 2.45) is 11.8 Å². The van der Waals surface area contributed by atoms with E-state index in [0.717, 1.165) is 17.7 Å². The van der Waals surface area contributed by atoms with Crippen LogP contribution in [0.25, 0.3) is 0 Å². The van der Waals surface area contributed by atoms with E-state index in [1.54, 1.807) is 18.2 Å². The molecule has 25 heavy (non-hydrogen) atoms. The minimum atomic E-state index is -3.47. The summed E-state index contributed by atoms with van der Waals surface area (Å²) >= 11 is 5.47. The van der Waals surface area contributed by atoms with Crippen molar-refractivity contribution in [2.45, 2.75) is 51.0 Å². The molecule has 0 heterocycles. The Morgan fingerprint density at radius 2 is 1.92 bits per heavy atom. The highest BCUT2D eigenvalue weighted by Gasteiger charge is 2.27. The molecule has 3 atom stereocenters. The molecular weight excluding hydrogens is 354 g/mol. The summed E-state index contributed by atoms with van der Waals surface area (Å²) in [5.41, 5.74) is 1.67. The summed E-state index contributed by atoms with van der Waals surface area (Å²) in [7, 11) is -0.410. The van der Waals surface area contributed by atoms with Crippen molar-refractivity contribution >= 4 is 33.0 Å². The molecule has 0 aliphatic heterocycles. The molecule has 2 rings (SSSR count). The topological polar surface area (TPSA) is 61.4 Å². The van der Waals surface area contributed by atoms with Gasteiger partial charge < -0.3 is 10.6 Å². The van der Waals surface area contributed by atoms with Gasteiger partial charge in [-0.3, -0.25) is 0 Å². The lowest BCUT2D eigenvalue weighted by Gasteiger charge is -2.35. The average molecular weight is 384 g/mol. The quantitative estimate of drug-likeness (QED) is 0.781. The van der Waals surface area contributed by atoms with Crippen molar-refractivity contribution in [3.63, 3.8) is 0 Å². The van der Waals surface area contributed by atoms with Crippen molar-refractivity contribution in [3.05, 3.63) is 23.8 Å². The molecule has 0 bridgehead atoms. The van der Waals surface area contributed by atoms with E-state index in [1.807, 2.05) is 6.92 Å². The van der Waals surface area contributed by atoms with Crippen molar-refractivity contribution in [3.8, 4) is 0 Å². The second-order valence-electron chi connectivity index (χ2n) is 7.24. The van der Waals surface area contributed by atoms with E-state index in [2.05, 4.69) is 24.5 Å². The molecule has 0 aromatic heterocycles. The minimum Gasteiger partial charge on any atom is -0.359 e. The lowest BCUT2D eigenvalue weighted by atomic mass is 9.78. The number of sulfonamides is 1. The number of nitrogens with one attached hydrogen (secondary N) is 2. The normalized spacial score (nSPS) is 24.2. The van der Waals surface area contributed by atoms with Crippen LogP contribution >= 0.6 is 12.2 Å². The number of thiocarbonyl (C=S) groups is 1. The zero-order chi connectivity index (χ0) is 18.8. The van der Waals surface area contributed by atoms with E-state index in [4.69, 9.17) is 12.2 Å². The molecular formula is C18H29N3O2S2. The molecule has 1 aliphatic carbocycles. The first-order valence-corrected chi connectivity index (χ1v) is 10.6. The third-order valence-electron chi connectivity index (χ3n) is 5.26. The van der Waals surface area contributed by atoms with Crippen LogP contribution in [0, 0.1) is 18.8 Å². The van der Waals surface area contributed by atoms with Crippen LogP contribution in [0.15, 0.2) is 23.1 Å². The van der Waals surface area contributed by atoms with E-state index >= 15 is 0 Å². The summed E-state index contributed by atoms with van der Waals surface area (Å²) in [5.74, 6) is 1.25. The average Bonchev–Trinajstić information content (AvgIpc) is 2.53. The predicted molar refractivity (Wildman–Crippen MR) is 107 cm³/mol. The van der Waals surface area contributed by atoms with Gasteiger partial charge in [0.2, 0.25) is 10.0 Å². The van der Waals surface area contributed by atoms with Crippen LogP contribution in [0.2, 0.25) is 0 Å². The summed E-state index contributed by atoms with van der Waals surface area (Å²) in [6.07, 6.45) is 3.59. The highest BCUT2D eigenvalue weighted by Crippen LogP contribution is 2.29. The smallest absolute Gasteiger partial charge is 0.242 e. The van der Waals surface area contributed by atoms with E-state index < -0.39 is 10.0 Å². The van der Waals surface area contributed by atoms with Gasteiger partial charge in [0.1, 0.15) is 0 Å². The largest absolute Gasteiger partial charge is 0.359 e. The van der Waals surface area contributed by atoms with Gasteiger partial charge in [0.15, 0.2) is 5.11 Å². The molecule has 0 unspecified atom stereocenters. The van der Waals surface area contributed by atoms with E-state index in [0.29, 0.717) is 23.0 Å². The molecule has 1 aliphatic rings. The summed E-state index contributed by atoms with van der Waals surface area (Å²) in [5, 5.41) is 7.15. The third kappa shape index (κ3) is 4.71. The third-order valence-corrected chi connectivity index (χ3v) is 7.29. The molecule has 140 valence electrons. The first kappa shape index (κ1) is 20.1. The molecule has 0 amide bonds. The molecule has 1 aromatic carbocycles. The maximum atomic E-state index is 12.3. The van der Waals surface area contributed by atoms with E-state index in [-0.39, 0.29) is 4.90 Å². The lowest BCUT2D eigenvalue weighted by Crippen LogP contribution is -2.45. The zero-order valence-corrected chi connectivity index (χ0v) is 17.3. The van der Waals surface area contributed by atoms with Crippen molar-refractivity contribution in [2.75, 3.05) is 19.4 Å². The van der Waals surface area contributed by atoms with Gasteiger partial charge in [0.05, 0.1) is 4.90 Å². The molecule has 1 aromatic rings. The maximum absolute atomic E-state index is 12.3. The minimum absolute atomic E-state index is 0.257. The van der Waals surface area contributed by atoms with Gasteiger partial charge in [0, 0.05) is 25.8 Å². The Bertz CT molecular complexity index is 732. The highest BCUT2D eigenvalue weighted by molar-refractivity contribution is 7.89. The van der Waals surface area contributed by atoms with E-state index in [9.17, 15) is 8.42 Å². The first-order valence-electron chi connectivity index (χ1n) is 8.73. The SMILES string of the molecule is Cc1ccc(S(=O)(=O)N(C)C)cc1NC(=S)N[C@@H]1CCC[C@@H](C)[C@H]1C. The molecule has 1 fully saturated rings. The van der Waals surface area contributed by atoms with Crippen molar-refractivity contribution < 1.29 is 8.42 Å². The van der Waals surface area contributed by atoms with Gasteiger partial charge in [-0.25, -0.2) is 12.7 Å². The Labute approximate surface area is 157 Å². The molecule has 5 nitrogen and oxygen atoms in total. The summed E-state index contributed by atoms with van der Waals surface area (Å²) in [6, 6.07) is 5.42. The standard InChI is InChI=1S/C18H29N3O2S2/c1-12-7-6-8-16(14(12)3)19-18(24)20-17-11-15(10-9-13(17)2)25(22,23)21(4)5/h9-12,14,16H,6-8H2,1-5H3,(H2,19,20,24)/t12-,14-,16-/m1/s1. The van der Waals surface area contributed by atoms with Crippen LogP contribution < -0.4 is 10.6 Å². The van der Waals surface area contributed by atoms with E-state index in [1.165, 1.54) is 31.2 Å². The first-order chi connectivity index (χ1) is 11.6. The van der Waals surface area contributed by atoms with Gasteiger partial charge in [0.25, 0.3) is 0 Å². The number of nitrogens with zero attached hydrogens (tertiary/aromatic N) is 1. The van der Waals surface area contributed by atoms with Crippen molar-refractivity contribution in [1.82, 2.24) is 9.62 Å². The summed E-state index contributed by atoms with van der Waals surface area (Å²) in [6.45, 7) is 6.48. The van der Waals surface area contributed by atoms with Crippen LogP contribution in [0.5, 0.6) is 0 Å². The number of aryl methyl sites for hydroxylation is 1. The fourth-order valence-corrected chi connectivity index (χ4v) is 4.41. The molecule has 0 saturated heterocycles. The van der Waals surface area contributed by atoms with Gasteiger partial charge in [-0.1, -0.05) is 32.8 Å². The number of hydrogen-bond donors (Lipinski definition) is 2. The van der Waals surface area contributed by atoms with Gasteiger partial charge >= 0.3 is 0 Å². The van der Waals surface area contributed by atoms with Gasteiger partial charge in [-0.15, -0.1) is 0 Å². The van der Waals surface area contributed by atoms with Crippen molar-refractivity contribution in [1.29, 1.82) is 0 Å². The number of hydrogen-bond acceptors (Lipinski definition) is 3. The Balaban J connectivity index is 2.13. The monoisotopic (exact) mass is 383 g/mol. The fraction of sp³-hybridized carbons (Fsp3) is 0.611. The summed E-state index contributed by atoms with van der Waals surface area (Å²) in [4.78, 5) is 0.257. The molecule has 0 radical (unpaired) electrons. The Morgan fingerprint density at radius 3 is 2.56 bits per heavy atom. The molecule has 0 spiro atoms. The number of benzene rings is 1. The predicted octanol–water partition coefficient (Wildman–Crippen LogP) is 3.36. The van der Waals surface area contributed by atoms with Crippen LogP contribution in [-0.4, -0.2) is 38.0 Å². The maximum Gasteiger partial charge on any atom is 0.242 e. The number of anilines is 1. The Kier molecular flexibility index (Phi) is 6.45. The van der Waals surface area contributed by atoms with Crippen LogP contribution in [0.1, 0.15) is 38.7 Å². The van der Waals surface area contributed by atoms with Gasteiger partial charge in [-0.05, 0) is 55.1 Å². The number of rotatable bonds is 4.